The molecule has 9 nitrogen and oxygen atoms in total. The number of fused-ring (bicyclic) bond motifs is 2. The van der Waals surface area contributed by atoms with Gasteiger partial charge in [-0.15, -0.1) is 11.3 Å². The number of carbonyl (C=O) groups is 1. The molecule has 0 spiro atoms. The number of carboxylic acids is 1. The number of methoxy groups -OCH3 is 1. The zero-order valence-electron chi connectivity index (χ0n) is 15.0. The van der Waals surface area contributed by atoms with E-state index in [0.717, 1.165) is 4.90 Å². The van der Waals surface area contributed by atoms with Crippen LogP contribution in [0, 0.1) is 0 Å². The zero-order chi connectivity index (χ0) is 20.8. The van der Waals surface area contributed by atoms with Crippen molar-refractivity contribution in [3.8, 4) is 11.5 Å². The highest BCUT2D eigenvalue weighted by atomic mass is 32.2. The smallest absolute Gasteiger partial charge is 0.323 e. The van der Waals surface area contributed by atoms with Crippen molar-refractivity contribution in [3.05, 3.63) is 40.8 Å². The Balaban J connectivity index is 1.70. The number of benzene rings is 1. The van der Waals surface area contributed by atoms with Crippen LogP contribution in [0.5, 0.6) is 11.5 Å². The van der Waals surface area contributed by atoms with Gasteiger partial charge in [0.25, 0.3) is 0 Å². The normalized spacial score (nSPS) is 19.2. The third-order valence-electron chi connectivity index (χ3n) is 4.24. The summed E-state index contributed by atoms with van der Waals surface area (Å²) in [5.74, 6) is -0.719. The number of thiophene rings is 1. The molecule has 4 rings (SSSR count). The standard InChI is InChI=1S/C17H16N2O7S3/c1-25-10-2-3-13-11(6-10)18(8-16(20)21)15(28-13)7-14-19(9-29(22,23)24)17-12(26-14)4-5-27-17/h2-7,14H,8-9H2,1H3,(H,20,21)(H,22,23,24)/p-1. The molecule has 29 heavy (non-hydrogen) atoms. The Morgan fingerprint density at radius 2 is 2.21 bits per heavy atom. The first-order valence-corrected chi connectivity index (χ1v) is 11.5. The van der Waals surface area contributed by atoms with Gasteiger partial charge < -0.3 is 28.9 Å². The molecular weight excluding hydrogens is 440 g/mol. The van der Waals surface area contributed by atoms with E-state index in [4.69, 9.17) is 9.47 Å². The lowest BCUT2D eigenvalue weighted by molar-refractivity contribution is -0.135. The maximum Gasteiger partial charge on any atom is 0.323 e. The molecule has 0 fully saturated rings. The third kappa shape index (κ3) is 4.01. The third-order valence-corrected chi connectivity index (χ3v) is 6.90. The van der Waals surface area contributed by atoms with Gasteiger partial charge in [0.2, 0.25) is 0 Å². The summed E-state index contributed by atoms with van der Waals surface area (Å²) in [6.45, 7) is -0.298. The SMILES string of the molecule is COc1ccc2c(c1)N(CC(=O)O)C(=CC1Oc3ccsc3N1CS(=O)(=O)[O-])S2. The molecule has 1 atom stereocenters. The Morgan fingerprint density at radius 3 is 2.90 bits per heavy atom. The van der Waals surface area contributed by atoms with Gasteiger partial charge >= 0.3 is 5.97 Å². The van der Waals surface area contributed by atoms with Crippen molar-refractivity contribution in [1.82, 2.24) is 0 Å². The van der Waals surface area contributed by atoms with Gasteiger partial charge in [0.05, 0.1) is 17.8 Å². The summed E-state index contributed by atoms with van der Waals surface area (Å²) in [4.78, 5) is 15.2. The highest BCUT2D eigenvalue weighted by Crippen LogP contribution is 2.49. The van der Waals surface area contributed by atoms with Gasteiger partial charge in [-0.05, 0) is 23.6 Å². The van der Waals surface area contributed by atoms with Gasteiger partial charge in [-0.2, -0.15) is 0 Å². The van der Waals surface area contributed by atoms with Crippen molar-refractivity contribution < 1.29 is 32.3 Å². The molecule has 2 aliphatic heterocycles. The van der Waals surface area contributed by atoms with Crippen LogP contribution in [0.2, 0.25) is 0 Å². The lowest BCUT2D eigenvalue weighted by Gasteiger charge is -2.25. The Bertz CT molecular complexity index is 1100. The van der Waals surface area contributed by atoms with Crippen molar-refractivity contribution in [2.24, 2.45) is 0 Å². The van der Waals surface area contributed by atoms with Crippen LogP contribution in [0.1, 0.15) is 0 Å². The van der Waals surface area contributed by atoms with E-state index in [1.807, 2.05) is 6.07 Å². The molecule has 1 unspecified atom stereocenters. The first-order valence-electron chi connectivity index (χ1n) is 8.26. The molecule has 12 heteroatoms. The van der Waals surface area contributed by atoms with E-state index in [0.29, 0.717) is 27.2 Å². The molecular formula is C17H15N2O7S3-. The number of hydrogen-bond acceptors (Lipinski definition) is 10. The molecule has 154 valence electrons. The van der Waals surface area contributed by atoms with E-state index < -0.39 is 28.2 Å². The summed E-state index contributed by atoms with van der Waals surface area (Å²) < 4.78 is 45.2. The van der Waals surface area contributed by atoms with E-state index in [1.54, 1.807) is 34.6 Å². The molecule has 0 saturated heterocycles. The molecule has 0 aliphatic carbocycles. The van der Waals surface area contributed by atoms with E-state index >= 15 is 0 Å². The summed E-state index contributed by atoms with van der Waals surface area (Å²) >= 11 is 2.59. The van der Waals surface area contributed by atoms with Gasteiger partial charge in [0.15, 0.2) is 12.0 Å². The second kappa shape index (κ2) is 7.44. The van der Waals surface area contributed by atoms with E-state index in [1.165, 1.54) is 35.1 Å². The lowest BCUT2D eigenvalue weighted by atomic mass is 10.2. The summed E-state index contributed by atoms with van der Waals surface area (Å²) in [6.07, 6.45) is 0.772. The number of hydrogen-bond donors (Lipinski definition) is 1. The zero-order valence-corrected chi connectivity index (χ0v) is 17.4. The minimum Gasteiger partial charge on any atom is -0.747 e. The molecule has 0 bridgehead atoms. The van der Waals surface area contributed by atoms with Gasteiger partial charge in [0, 0.05) is 17.0 Å². The van der Waals surface area contributed by atoms with Crippen LogP contribution in [-0.4, -0.2) is 49.8 Å². The number of carboxylic acid groups (broad SMARTS) is 1. The minimum absolute atomic E-state index is 0.298. The van der Waals surface area contributed by atoms with Crippen LogP contribution in [-0.2, 0) is 14.9 Å². The van der Waals surface area contributed by atoms with Gasteiger partial charge in [-0.1, -0.05) is 11.8 Å². The van der Waals surface area contributed by atoms with Crippen LogP contribution in [0.15, 0.2) is 45.6 Å². The molecule has 2 aromatic rings. The monoisotopic (exact) mass is 455 g/mol. The minimum atomic E-state index is -4.55. The second-order valence-corrected chi connectivity index (χ2v) is 9.51. The van der Waals surface area contributed by atoms with Gasteiger partial charge in [-0.25, -0.2) is 8.42 Å². The lowest BCUT2D eigenvalue weighted by Crippen LogP contribution is -2.38. The predicted molar refractivity (Wildman–Crippen MR) is 108 cm³/mol. The Morgan fingerprint density at radius 1 is 1.41 bits per heavy atom. The van der Waals surface area contributed by atoms with Gasteiger partial charge in [-0.3, -0.25) is 4.79 Å². The number of aliphatic carboxylic acids is 1. The van der Waals surface area contributed by atoms with Crippen molar-refractivity contribution in [3.63, 3.8) is 0 Å². The molecule has 1 N–H and O–H groups in total. The average molecular weight is 456 g/mol. The number of nitrogens with zero attached hydrogens (tertiary/aromatic N) is 2. The predicted octanol–water partition coefficient (Wildman–Crippen LogP) is 2.32. The molecule has 0 amide bonds. The Labute approximate surface area is 174 Å². The summed E-state index contributed by atoms with van der Waals surface area (Å²) in [6, 6.07) is 7.02. The van der Waals surface area contributed by atoms with Crippen LogP contribution in [0.3, 0.4) is 0 Å². The largest absolute Gasteiger partial charge is 0.747 e. The van der Waals surface area contributed by atoms with E-state index in [2.05, 4.69) is 0 Å². The topological polar surface area (TPSA) is 119 Å². The summed E-state index contributed by atoms with van der Waals surface area (Å²) in [5, 5.41) is 12.2. The van der Waals surface area contributed by atoms with Crippen molar-refractivity contribution in [1.29, 1.82) is 0 Å². The highest BCUT2D eigenvalue weighted by molar-refractivity contribution is 8.03. The molecule has 2 aliphatic rings. The quantitative estimate of drug-likeness (QED) is 0.650. The highest BCUT2D eigenvalue weighted by Gasteiger charge is 2.35. The van der Waals surface area contributed by atoms with Gasteiger partial charge in [0.1, 0.15) is 33.3 Å². The second-order valence-electron chi connectivity index (χ2n) is 6.18. The first-order chi connectivity index (χ1) is 13.7. The molecule has 1 aromatic heterocycles. The maximum atomic E-state index is 11.4. The fourth-order valence-electron chi connectivity index (χ4n) is 3.08. The number of thioether (sulfide) groups is 1. The number of rotatable bonds is 6. The van der Waals surface area contributed by atoms with E-state index in [9.17, 15) is 22.9 Å². The summed E-state index contributed by atoms with van der Waals surface area (Å²) in [7, 11) is -3.03. The van der Waals surface area contributed by atoms with Crippen molar-refractivity contribution >= 4 is 49.9 Å². The Kier molecular flexibility index (Phi) is 5.11. The number of anilines is 2. The fraction of sp³-hybridized carbons (Fsp3) is 0.235. The van der Waals surface area contributed by atoms with Crippen LogP contribution >= 0.6 is 23.1 Å². The van der Waals surface area contributed by atoms with E-state index in [-0.39, 0.29) is 6.54 Å². The van der Waals surface area contributed by atoms with Crippen molar-refractivity contribution in [2.45, 2.75) is 11.1 Å². The number of ether oxygens (including phenoxy) is 2. The van der Waals surface area contributed by atoms with Crippen molar-refractivity contribution in [2.75, 3.05) is 29.3 Å². The molecule has 3 heterocycles. The Hall–Kier alpha value is -2.41. The summed E-state index contributed by atoms with van der Waals surface area (Å²) in [5.41, 5.74) is 0.666. The van der Waals surface area contributed by atoms with Crippen LogP contribution in [0.25, 0.3) is 0 Å². The maximum absolute atomic E-state index is 11.4. The first kappa shape index (κ1) is 19.9. The average Bonchev–Trinajstić information content (AvgIpc) is 3.30. The molecule has 1 aromatic carbocycles. The molecule has 0 saturated carbocycles. The van der Waals surface area contributed by atoms with Crippen LogP contribution < -0.4 is 19.3 Å². The van der Waals surface area contributed by atoms with Crippen LogP contribution in [0.4, 0.5) is 10.7 Å². The fourth-order valence-corrected chi connectivity index (χ4v) is 5.72. The molecule has 0 radical (unpaired) electrons.